The Morgan fingerprint density at radius 1 is 1.10 bits per heavy atom. The van der Waals surface area contributed by atoms with E-state index in [9.17, 15) is 0 Å². The van der Waals surface area contributed by atoms with Crippen molar-refractivity contribution in [1.82, 2.24) is 0 Å². The highest BCUT2D eigenvalue weighted by Gasteiger charge is 2.21. The summed E-state index contributed by atoms with van der Waals surface area (Å²) < 4.78 is 11.6. The van der Waals surface area contributed by atoms with Gasteiger partial charge in [-0.1, -0.05) is 40.2 Å². The number of halogens is 1. The number of furan rings is 1. The minimum Gasteiger partial charge on any atom is -0.456 e. The maximum Gasteiger partial charge on any atom is 0.135 e. The molecule has 2 aromatic carbocycles. The van der Waals surface area contributed by atoms with Crippen molar-refractivity contribution >= 4 is 37.9 Å². The van der Waals surface area contributed by atoms with Crippen molar-refractivity contribution in [2.75, 3.05) is 6.61 Å². The van der Waals surface area contributed by atoms with Crippen molar-refractivity contribution in [1.29, 1.82) is 0 Å². The molecule has 4 rings (SSSR count). The van der Waals surface area contributed by atoms with E-state index in [1.807, 2.05) is 12.1 Å². The molecule has 1 fully saturated rings. The number of alkyl halides is 1. The van der Waals surface area contributed by atoms with E-state index in [1.54, 1.807) is 0 Å². The number of ether oxygens (including phenoxy) is 1. The molecule has 2 unspecified atom stereocenters. The third kappa shape index (κ3) is 2.49. The lowest BCUT2D eigenvalue weighted by Crippen LogP contribution is -2.07. The van der Waals surface area contributed by atoms with Crippen LogP contribution < -0.4 is 0 Å². The first-order chi connectivity index (χ1) is 10.3. The van der Waals surface area contributed by atoms with Gasteiger partial charge in [0.15, 0.2) is 0 Å². The molecule has 1 aliphatic rings. The molecule has 0 spiro atoms. The summed E-state index contributed by atoms with van der Waals surface area (Å²) in [7, 11) is 0. The molecule has 3 heteroatoms. The summed E-state index contributed by atoms with van der Waals surface area (Å²) in [4.78, 5) is 0.332. The molecule has 1 saturated heterocycles. The van der Waals surface area contributed by atoms with Crippen molar-refractivity contribution < 1.29 is 9.15 Å². The monoisotopic (exact) mass is 344 g/mol. The molecule has 1 aliphatic heterocycles. The van der Waals surface area contributed by atoms with Crippen LogP contribution in [0.4, 0.5) is 0 Å². The fraction of sp³-hybridized carbons (Fsp3) is 0.333. The van der Waals surface area contributed by atoms with Crippen LogP contribution in [0, 0.1) is 0 Å². The lowest BCUT2D eigenvalue weighted by Gasteiger charge is -2.15. The van der Waals surface area contributed by atoms with Crippen LogP contribution in [0.5, 0.6) is 0 Å². The van der Waals surface area contributed by atoms with Gasteiger partial charge in [0.1, 0.15) is 11.2 Å². The summed E-state index contributed by atoms with van der Waals surface area (Å²) in [5.41, 5.74) is 3.20. The molecule has 0 bridgehead atoms. The minimum absolute atomic E-state index is 0.332. The summed E-state index contributed by atoms with van der Waals surface area (Å²) in [6.07, 6.45) is 3.79. The lowest BCUT2D eigenvalue weighted by molar-refractivity contribution is 0.104. The maximum absolute atomic E-state index is 5.88. The summed E-state index contributed by atoms with van der Waals surface area (Å²) in [5, 5.41) is 2.38. The number of hydrogen-bond donors (Lipinski definition) is 0. The van der Waals surface area contributed by atoms with Crippen molar-refractivity contribution in [2.45, 2.75) is 30.2 Å². The van der Waals surface area contributed by atoms with E-state index < -0.39 is 0 Å². The lowest BCUT2D eigenvalue weighted by atomic mass is 10.0. The first-order valence-corrected chi connectivity index (χ1v) is 8.40. The number of benzene rings is 2. The van der Waals surface area contributed by atoms with E-state index in [-0.39, 0.29) is 0 Å². The summed E-state index contributed by atoms with van der Waals surface area (Å²) in [6.45, 7) is 0.912. The van der Waals surface area contributed by atoms with Gasteiger partial charge in [0.2, 0.25) is 0 Å². The second-order valence-corrected chi connectivity index (χ2v) is 6.80. The number of fused-ring (bicyclic) bond motifs is 3. The summed E-state index contributed by atoms with van der Waals surface area (Å²) in [5.74, 6) is 0. The van der Waals surface area contributed by atoms with Gasteiger partial charge in [-0.05, 0) is 43.0 Å². The molecule has 0 amide bonds. The van der Waals surface area contributed by atoms with Gasteiger partial charge in [0.25, 0.3) is 0 Å². The Morgan fingerprint density at radius 2 is 1.95 bits per heavy atom. The van der Waals surface area contributed by atoms with Crippen molar-refractivity contribution in [2.24, 2.45) is 0 Å². The molecular weight excluding hydrogens is 328 g/mol. The highest BCUT2D eigenvalue weighted by molar-refractivity contribution is 9.09. The van der Waals surface area contributed by atoms with E-state index in [0.29, 0.717) is 10.9 Å². The average Bonchev–Trinajstić information content (AvgIpc) is 3.13. The van der Waals surface area contributed by atoms with Crippen molar-refractivity contribution in [3.8, 4) is 0 Å². The summed E-state index contributed by atoms with van der Waals surface area (Å²) in [6, 6.07) is 14.7. The van der Waals surface area contributed by atoms with Crippen LogP contribution in [-0.2, 0) is 4.74 Å². The molecular formula is C18H17BrO2. The van der Waals surface area contributed by atoms with E-state index in [0.717, 1.165) is 24.2 Å². The predicted molar refractivity (Wildman–Crippen MR) is 89.0 cm³/mol. The van der Waals surface area contributed by atoms with Gasteiger partial charge >= 0.3 is 0 Å². The van der Waals surface area contributed by atoms with E-state index in [4.69, 9.17) is 9.15 Å². The highest BCUT2D eigenvalue weighted by Crippen LogP contribution is 2.36. The van der Waals surface area contributed by atoms with Gasteiger partial charge in [-0.2, -0.15) is 0 Å². The van der Waals surface area contributed by atoms with Crippen LogP contribution in [0.1, 0.15) is 29.7 Å². The fourth-order valence-electron chi connectivity index (χ4n) is 3.14. The molecule has 1 aromatic heterocycles. The third-order valence-electron chi connectivity index (χ3n) is 4.26. The molecule has 0 aliphatic carbocycles. The first kappa shape index (κ1) is 13.4. The van der Waals surface area contributed by atoms with E-state index >= 15 is 0 Å². The van der Waals surface area contributed by atoms with Gasteiger partial charge in [-0.25, -0.2) is 0 Å². The second kappa shape index (κ2) is 5.47. The molecule has 2 heterocycles. The van der Waals surface area contributed by atoms with Gasteiger partial charge in [0, 0.05) is 22.2 Å². The quantitative estimate of drug-likeness (QED) is 0.577. The van der Waals surface area contributed by atoms with Gasteiger partial charge in [-0.15, -0.1) is 0 Å². The Morgan fingerprint density at radius 3 is 2.81 bits per heavy atom. The van der Waals surface area contributed by atoms with Crippen molar-refractivity contribution in [3.05, 3.63) is 48.0 Å². The Labute approximate surface area is 132 Å². The Hall–Kier alpha value is -1.32. The van der Waals surface area contributed by atoms with Crippen LogP contribution in [-0.4, -0.2) is 12.7 Å². The van der Waals surface area contributed by atoms with Gasteiger partial charge in [0.05, 0.1) is 6.10 Å². The Kier molecular flexibility index (Phi) is 3.48. The zero-order valence-corrected chi connectivity index (χ0v) is 13.3. The van der Waals surface area contributed by atoms with Crippen LogP contribution in [0.2, 0.25) is 0 Å². The topological polar surface area (TPSA) is 22.4 Å². The SMILES string of the molecule is BrC(CC1CCCO1)c1ccc2oc3ccccc3c2c1. The minimum atomic E-state index is 0.332. The second-order valence-electron chi connectivity index (χ2n) is 5.69. The van der Waals surface area contributed by atoms with E-state index in [1.165, 1.54) is 29.2 Å². The number of hydrogen-bond acceptors (Lipinski definition) is 2. The normalized spacial score (nSPS) is 20.3. The standard InChI is InChI=1S/C18H17BrO2/c19-16(11-13-4-3-9-20-13)12-7-8-18-15(10-12)14-5-1-2-6-17(14)21-18/h1-2,5-8,10,13,16H,3-4,9,11H2. The Bertz CT molecular complexity index is 771. The van der Waals surface area contributed by atoms with Crippen LogP contribution in [0.15, 0.2) is 46.9 Å². The maximum atomic E-state index is 5.88. The molecule has 0 saturated carbocycles. The molecule has 21 heavy (non-hydrogen) atoms. The van der Waals surface area contributed by atoms with Crippen LogP contribution >= 0.6 is 15.9 Å². The molecule has 0 radical (unpaired) electrons. The van der Waals surface area contributed by atoms with E-state index in [2.05, 4.69) is 46.3 Å². The highest BCUT2D eigenvalue weighted by atomic mass is 79.9. The molecule has 108 valence electrons. The fourth-order valence-corrected chi connectivity index (χ4v) is 3.84. The number of para-hydroxylation sites is 1. The van der Waals surface area contributed by atoms with Crippen LogP contribution in [0.3, 0.4) is 0 Å². The molecule has 0 N–H and O–H groups in total. The third-order valence-corrected chi connectivity index (χ3v) is 5.16. The first-order valence-electron chi connectivity index (χ1n) is 7.48. The molecule has 2 nitrogen and oxygen atoms in total. The van der Waals surface area contributed by atoms with Crippen molar-refractivity contribution in [3.63, 3.8) is 0 Å². The summed E-state index contributed by atoms with van der Waals surface area (Å²) >= 11 is 3.82. The van der Waals surface area contributed by atoms with Crippen LogP contribution in [0.25, 0.3) is 21.9 Å². The van der Waals surface area contributed by atoms with Gasteiger partial charge in [-0.3, -0.25) is 0 Å². The molecule has 3 aromatic rings. The smallest absolute Gasteiger partial charge is 0.135 e. The van der Waals surface area contributed by atoms with Gasteiger partial charge < -0.3 is 9.15 Å². The average molecular weight is 345 g/mol. The largest absolute Gasteiger partial charge is 0.456 e. The Balaban J connectivity index is 1.70. The zero-order chi connectivity index (χ0) is 14.2. The number of rotatable bonds is 3. The zero-order valence-electron chi connectivity index (χ0n) is 11.7. The predicted octanol–water partition coefficient (Wildman–Crippen LogP) is 5.59. The molecule has 2 atom stereocenters.